The van der Waals surface area contributed by atoms with E-state index in [1.165, 1.54) is 0 Å². The summed E-state index contributed by atoms with van der Waals surface area (Å²) in [5, 5.41) is 0. The molecule has 0 aliphatic rings. The fourth-order valence-electron chi connectivity index (χ4n) is 1.64. The maximum Gasteiger partial charge on any atom is 0.184 e. The molecular formula is C15H9Br3O2. The maximum absolute atomic E-state index is 12.2. The van der Waals surface area contributed by atoms with E-state index >= 15 is 0 Å². The van der Waals surface area contributed by atoms with Gasteiger partial charge in [-0.25, -0.2) is 0 Å². The highest BCUT2D eigenvalue weighted by Crippen LogP contribution is 2.19. The zero-order valence-electron chi connectivity index (χ0n) is 10.1. The van der Waals surface area contributed by atoms with Crippen LogP contribution in [0.5, 0.6) is 0 Å². The van der Waals surface area contributed by atoms with Crippen molar-refractivity contribution in [3.05, 3.63) is 68.6 Å². The van der Waals surface area contributed by atoms with E-state index in [1.54, 1.807) is 48.5 Å². The number of benzene rings is 2. The maximum atomic E-state index is 12.2. The molecule has 0 unspecified atom stereocenters. The third-order valence-corrected chi connectivity index (χ3v) is 4.61. The van der Waals surface area contributed by atoms with Gasteiger partial charge in [0.25, 0.3) is 0 Å². The lowest BCUT2D eigenvalue weighted by Crippen LogP contribution is -2.24. The van der Waals surface area contributed by atoms with Crippen molar-refractivity contribution in [3.8, 4) is 0 Å². The molecule has 102 valence electrons. The average molecular weight is 461 g/mol. The van der Waals surface area contributed by atoms with Crippen molar-refractivity contribution >= 4 is 59.4 Å². The van der Waals surface area contributed by atoms with E-state index in [1.807, 2.05) is 0 Å². The van der Waals surface area contributed by atoms with Crippen LogP contribution in [-0.2, 0) is 0 Å². The molecule has 0 amide bonds. The smallest absolute Gasteiger partial charge is 0.184 e. The molecule has 0 radical (unpaired) electrons. The Morgan fingerprint density at radius 2 is 1.00 bits per heavy atom. The first-order valence-electron chi connectivity index (χ1n) is 5.72. The number of hydrogen-bond acceptors (Lipinski definition) is 2. The first kappa shape index (κ1) is 15.6. The lowest BCUT2D eigenvalue weighted by atomic mass is 10.0. The highest BCUT2D eigenvalue weighted by Gasteiger charge is 2.25. The SMILES string of the molecule is O=C(c1ccc(Br)cc1)C(Br)C(=O)c1ccc(Br)cc1. The minimum absolute atomic E-state index is 0.245. The van der Waals surface area contributed by atoms with Gasteiger partial charge in [0.1, 0.15) is 4.83 Å². The summed E-state index contributed by atoms with van der Waals surface area (Å²) < 4.78 is 1.78. The monoisotopic (exact) mass is 458 g/mol. The van der Waals surface area contributed by atoms with Gasteiger partial charge in [0, 0.05) is 20.1 Å². The average Bonchev–Trinajstić information content (AvgIpc) is 2.46. The Kier molecular flexibility index (Phi) is 5.29. The molecule has 0 spiro atoms. The van der Waals surface area contributed by atoms with Gasteiger partial charge in [-0.1, -0.05) is 72.1 Å². The fraction of sp³-hybridized carbons (Fsp3) is 0.0667. The molecule has 0 bridgehead atoms. The molecule has 0 fully saturated rings. The van der Waals surface area contributed by atoms with E-state index in [9.17, 15) is 9.59 Å². The minimum atomic E-state index is -0.871. The van der Waals surface area contributed by atoms with Crippen LogP contribution in [0.25, 0.3) is 0 Å². The zero-order valence-corrected chi connectivity index (χ0v) is 14.9. The van der Waals surface area contributed by atoms with Crippen molar-refractivity contribution in [2.24, 2.45) is 0 Å². The molecule has 2 rings (SSSR count). The topological polar surface area (TPSA) is 34.1 Å². The van der Waals surface area contributed by atoms with E-state index in [0.29, 0.717) is 11.1 Å². The van der Waals surface area contributed by atoms with Gasteiger partial charge >= 0.3 is 0 Å². The van der Waals surface area contributed by atoms with Crippen LogP contribution in [-0.4, -0.2) is 16.4 Å². The van der Waals surface area contributed by atoms with E-state index in [0.717, 1.165) is 8.95 Å². The molecule has 0 N–H and O–H groups in total. The Morgan fingerprint density at radius 3 is 1.30 bits per heavy atom. The molecular weight excluding hydrogens is 452 g/mol. The van der Waals surface area contributed by atoms with Crippen LogP contribution in [0.15, 0.2) is 57.5 Å². The van der Waals surface area contributed by atoms with Crippen molar-refractivity contribution in [2.45, 2.75) is 4.83 Å². The van der Waals surface area contributed by atoms with Gasteiger partial charge in [0.15, 0.2) is 11.6 Å². The predicted molar refractivity (Wildman–Crippen MR) is 89.7 cm³/mol. The van der Waals surface area contributed by atoms with Gasteiger partial charge in [-0.2, -0.15) is 0 Å². The molecule has 0 aliphatic heterocycles. The summed E-state index contributed by atoms with van der Waals surface area (Å²) >= 11 is 9.82. The molecule has 5 heteroatoms. The Morgan fingerprint density at radius 1 is 0.700 bits per heavy atom. The van der Waals surface area contributed by atoms with Crippen LogP contribution in [0.1, 0.15) is 20.7 Å². The standard InChI is InChI=1S/C15H9Br3O2/c16-11-5-1-9(2-6-11)14(19)13(18)15(20)10-3-7-12(17)8-4-10/h1-8,13H. The van der Waals surface area contributed by atoms with Crippen molar-refractivity contribution < 1.29 is 9.59 Å². The quantitative estimate of drug-likeness (QED) is 0.364. The lowest BCUT2D eigenvalue weighted by Gasteiger charge is -2.08. The zero-order chi connectivity index (χ0) is 14.7. The summed E-state index contributed by atoms with van der Waals surface area (Å²) in [4.78, 5) is 23.6. The second kappa shape index (κ2) is 6.78. The van der Waals surface area contributed by atoms with Crippen LogP contribution in [0.4, 0.5) is 0 Å². The van der Waals surface area contributed by atoms with Crippen molar-refractivity contribution in [3.63, 3.8) is 0 Å². The Bertz CT molecular complexity index is 576. The molecule has 0 saturated carbocycles. The van der Waals surface area contributed by atoms with Gasteiger partial charge < -0.3 is 0 Å². The molecule has 0 saturated heterocycles. The van der Waals surface area contributed by atoms with Crippen LogP contribution >= 0.6 is 47.8 Å². The highest BCUT2D eigenvalue weighted by atomic mass is 79.9. The van der Waals surface area contributed by atoms with E-state index in [2.05, 4.69) is 47.8 Å². The van der Waals surface area contributed by atoms with E-state index in [-0.39, 0.29) is 11.6 Å². The molecule has 2 aromatic carbocycles. The third kappa shape index (κ3) is 3.65. The summed E-state index contributed by atoms with van der Waals surface area (Å²) in [6.07, 6.45) is 0. The predicted octanol–water partition coefficient (Wildman–Crippen LogP) is 5.04. The number of Topliss-reactive ketones (excluding diaryl/α,β-unsaturated/α-hetero) is 2. The largest absolute Gasteiger partial charge is 0.292 e. The first-order chi connectivity index (χ1) is 9.49. The molecule has 0 aromatic heterocycles. The van der Waals surface area contributed by atoms with Crippen molar-refractivity contribution in [1.29, 1.82) is 0 Å². The lowest BCUT2D eigenvalue weighted by molar-refractivity contribution is 0.0906. The number of hydrogen-bond donors (Lipinski definition) is 0. The number of carbonyl (C=O) groups excluding carboxylic acids is 2. The summed E-state index contributed by atoms with van der Waals surface area (Å²) in [5.41, 5.74) is 1.00. The number of alkyl halides is 1. The van der Waals surface area contributed by atoms with Gasteiger partial charge in [-0.15, -0.1) is 0 Å². The molecule has 0 atom stereocenters. The van der Waals surface area contributed by atoms with E-state index < -0.39 is 4.83 Å². The molecule has 20 heavy (non-hydrogen) atoms. The molecule has 0 aliphatic carbocycles. The first-order valence-corrected chi connectivity index (χ1v) is 8.23. The fourth-order valence-corrected chi connectivity index (χ4v) is 2.70. The molecule has 2 nitrogen and oxygen atoms in total. The van der Waals surface area contributed by atoms with Gasteiger partial charge in [-0.05, 0) is 24.3 Å². The minimum Gasteiger partial charge on any atom is -0.292 e. The van der Waals surface area contributed by atoms with E-state index in [4.69, 9.17) is 0 Å². The van der Waals surface area contributed by atoms with Gasteiger partial charge in [-0.3, -0.25) is 9.59 Å². The highest BCUT2D eigenvalue weighted by molar-refractivity contribution is 9.11. The number of rotatable bonds is 4. The van der Waals surface area contributed by atoms with Gasteiger partial charge in [0.05, 0.1) is 0 Å². The van der Waals surface area contributed by atoms with Crippen LogP contribution in [0.2, 0.25) is 0 Å². The van der Waals surface area contributed by atoms with Gasteiger partial charge in [0.2, 0.25) is 0 Å². The summed E-state index contributed by atoms with van der Waals surface area (Å²) in [6, 6.07) is 13.9. The van der Waals surface area contributed by atoms with Crippen LogP contribution in [0.3, 0.4) is 0 Å². The normalized spacial score (nSPS) is 10.6. The summed E-state index contributed by atoms with van der Waals surface area (Å²) in [7, 11) is 0. The Labute approximate surface area is 142 Å². The second-order valence-electron chi connectivity index (χ2n) is 4.10. The molecule has 0 heterocycles. The Hall–Kier alpha value is -0.780. The Balaban J connectivity index is 2.20. The van der Waals surface area contributed by atoms with Crippen molar-refractivity contribution in [2.75, 3.05) is 0 Å². The summed E-state index contributed by atoms with van der Waals surface area (Å²) in [5.74, 6) is -0.490. The number of halogens is 3. The van der Waals surface area contributed by atoms with Crippen molar-refractivity contribution in [1.82, 2.24) is 0 Å². The second-order valence-corrected chi connectivity index (χ2v) is 6.85. The summed E-state index contributed by atoms with van der Waals surface area (Å²) in [6.45, 7) is 0. The van der Waals surface area contributed by atoms with Crippen LogP contribution in [0, 0.1) is 0 Å². The molecule has 2 aromatic rings. The number of ketones is 2. The third-order valence-electron chi connectivity index (χ3n) is 2.72. The number of carbonyl (C=O) groups is 2. The van der Waals surface area contributed by atoms with Crippen LogP contribution < -0.4 is 0 Å².